The summed E-state index contributed by atoms with van der Waals surface area (Å²) < 4.78 is 2.06. The van der Waals surface area contributed by atoms with Crippen molar-refractivity contribution in [1.29, 1.82) is 5.26 Å². The number of rotatable bonds is 3. The first-order valence-electron chi connectivity index (χ1n) is 7.37. The van der Waals surface area contributed by atoms with Crippen LogP contribution >= 0.6 is 0 Å². The Morgan fingerprint density at radius 3 is 2.78 bits per heavy atom. The third-order valence-corrected chi connectivity index (χ3v) is 3.69. The lowest BCUT2D eigenvalue weighted by Crippen LogP contribution is -2.12. The smallest absolute Gasteiger partial charge is 0.255 e. The van der Waals surface area contributed by atoms with E-state index in [4.69, 9.17) is 5.26 Å². The van der Waals surface area contributed by atoms with Crippen molar-refractivity contribution in [3.8, 4) is 6.07 Å². The van der Waals surface area contributed by atoms with E-state index < -0.39 is 0 Å². The van der Waals surface area contributed by atoms with Crippen LogP contribution in [0.4, 0.5) is 5.69 Å². The first-order valence-corrected chi connectivity index (χ1v) is 7.37. The van der Waals surface area contributed by atoms with Gasteiger partial charge in [0.25, 0.3) is 5.91 Å². The molecule has 0 saturated heterocycles. The first-order chi connectivity index (χ1) is 11.1. The number of fused-ring (bicyclic) bond motifs is 1. The van der Waals surface area contributed by atoms with Gasteiger partial charge in [-0.25, -0.2) is 4.98 Å². The van der Waals surface area contributed by atoms with Crippen LogP contribution in [-0.2, 0) is 0 Å². The van der Waals surface area contributed by atoms with Gasteiger partial charge in [0, 0.05) is 11.6 Å². The van der Waals surface area contributed by atoms with Gasteiger partial charge in [-0.15, -0.1) is 0 Å². The normalized spacial score (nSPS) is 10.7. The third kappa shape index (κ3) is 2.79. The summed E-state index contributed by atoms with van der Waals surface area (Å²) in [6, 6.07) is 14.7. The molecule has 5 nitrogen and oxygen atoms in total. The largest absolute Gasteiger partial charge is 0.328 e. The molecule has 0 fully saturated rings. The van der Waals surface area contributed by atoms with Gasteiger partial charge < -0.3 is 9.88 Å². The minimum absolute atomic E-state index is 0.256. The highest BCUT2D eigenvalue weighted by atomic mass is 16.1. The lowest BCUT2D eigenvalue weighted by molar-refractivity contribution is 0.102. The van der Waals surface area contributed by atoms with Gasteiger partial charge in [-0.3, -0.25) is 4.79 Å². The molecule has 1 heterocycles. The second-order valence-corrected chi connectivity index (χ2v) is 5.56. The number of amides is 1. The Bertz CT molecular complexity index is 918. The van der Waals surface area contributed by atoms with Crippen molar-refractivity contribution < 1.29 is 4.79 Å². The van der Waals surface area contributed by atoms with Crippen molar-refractivity contribution in [1.82, 2.24) is 9.55 Å². The SMILES string of the molecule is CC(C)n1cnc2cc(C(=O)Nc3ccccc3C#N)ccc21. The molecule has 0 radical (unpaired) electrons. The van der Waals surface area contributed by atoms with E-state index >= 15 is 0 Å². The zero-order valence-corrected chi connectivity index (χ0v) is 12.9. The number of aromatic nitrogens is 2. The lowest BCUT2D eigenvalue weighted by atomic mass is 10.1. The number of para-hydroxylation sites is 1. The van der Waals surface area contributed by atoms with Gasteiger partial charge in [-0.2, -0.15) is 5.26 Å². The average Bonchev–Trinajstić information content (AvgIpc) is 2.98. The van der Waals surface area contributed by atoms with Crippen molar-refractivity contribution in [3.63, 3.8) is 0 Å². The van der Waals surface area contributed by atoms with E-state index in [9.17, 15) is 4.79 Å². The number of carbonyl (C=O) groups is 1. The molecule has 0 spiro atoms. The van der Waals surface area contributed by atoms with Crippen LogP contribution in [0.25, 0.3) is 11.0 Å². The molecule has 114 valence electrons. The van der Waals surface area contributed by atoms with Crippen LogP contribution in [0.3, 0.4) is 0 Å². The molecule has 23 heavy (non-hydrogen) atoms. The molecular formula is C18H16N4O. The Balaban J connectivity index is 1.91. The number of nitriles is 1. The maximum absolute atomic E-state index is 12.4. The molecule has 3 rings (SSSR count). The number of hydrogen-bond donors (Lipinski definition) is 1. The van der Waals surface area contributed by atoms with Crippen molar-refractivity contribution in [2.45, 2.75) is 19.9 Å². The van der Waals surface area contributed by atoms with Crippen LogP contribution in [0.1, 0.15) is 35.8 Å². The number of nitrogens with one attached hydrogen (secondary N) is 1. The molecular weight excluding hydrogens is 288 g/mol. The van der Waals surface area contributed by atoms with E-state index in [1.165, 1.54) is 0 Å². The summed E-state index contributed by atoms with van der Waals surface area (Å²) in [5.41, 5.74) is 3.23. The molecule has 0 unspecified atom stereocenters. The lowest BCUT2D eigenvalue weighted by Gasteiger charge is -2.09. The Labute approximate surface area is 134 Å². The minimum atomic E-state index is -0.256. The van der Waals surface area contributed by atoms with Gasteiger partial charge in [0.1, 0.15) is 6.07 Å². The summed E-state index contributed by atoms with van der Waals surface area (Å²) >= 11 is 0. The zero-order chi connectivity index (χ0) is 16.4. The fraction of sp³-hybridized carbons (Fsp3) is 0.167. The first kappa shape index (κ1) is 14.8. The predicted octanol–water partition coefficient (Wildman–Crippen LogP) is 3.74. The van der Waals surface area contributed by atoms with Gasteiger partial charge in [0.15, 0.2) is 0 Å². The summed E-state index contributed by atoms with van der Waals surface area (Å²) in [5, 5.41) is 11.9. The second-order valence-electron chi connectivity index (χ2n) is 5.56. The molecule has 0 saturated carbocycles. The fourth-order valence-electron chi connectivity index (χ4n) is 2.47. The van der Waals surface area contributed by atoms with Gasteiger partial charge in [0.05, 0.1) is 28.6 Å². The predicted molar refractivity (Wildman–Crippen MR) is 89.2 cm³/mol. The molecule has 1 N–H and O–H groups in total. The Kier molecular flexibility index (Phi) is 3.82. The monoisotopic (exact) mass is 304 g/mol. The molecule has 1 aromatic heterocycles. The average molecular weight is 304 g/mol. The Hall–Kier alpha value is -3.13. The van der Waals surface area contributed by atoms with Gasteiger partial charge in [-0.1, -0.05) is 12.1 Å². The highest BCUT2D eigenvalue weighted by Gasteiger charge is 2.12. The van der Waals surface area contributed by atoms with Crippen molar-refractivity contribution in [2.75, 3.05) is 5.32 Å². The van der Waals surface area contributed by atoms with Crippen molar-refractivity contribution in [3.05, 3.63) is 59.9 Å². The second kappa shape index (κ2) is 5.93. The molecule has 3 aromatic rings. The topological polar surface area (TPSA) is 70.7 Å². The van der Waals surface area contributed by atoms with Crippen LogP contribution in [0.2, 0.25) is 0 Å². The van der Waals surface area contributed by atoms with Crippen molar-refractivity contribution in [2.24, 2.45) is 0 Å². The van der Waals surface area contributed by atoms with Crippen LogP contribution in [-0.4, -0.2) is 15.5 Å². The molecule has 0 aliphatic carbocycles. The number of carbonyl (C=O) groups excluding carboxylic acids is 1. The molecule has 0 aliphatic heterocycles. The van der Waals surface area contributed by atoms with E-state index in [1.807, 2.05) is 6.07 Å². The Morgan fingerprint density at radius 2 is 2.04 bits per heavy atom. The summed E-state index contributed by atoms with van der Waals surface area (Å²) in [7, 11) is 0. The standard InChI is InChI=1S/C18H16N4O/c1-12(2)22-11-20-16-9-13(7-8-17(16)22)18(23)21-15-6-4-3-5-14(15)10-19/h3-9,11-12H,1-2H3,(H,21,23). The quantitative estimate of drug-likeness (QED) is 0.801. The summed E-state index contributed by atoms with van der Waals surface area (Å²) in [6.07, 6.45) is 1.78. The number of nitrogens with zero attached hydrogens (tertiary/aromatic N) is 3. The molecule has 2 aromatic carbocycles. The van der Waals surface area contributed by atoms with Crippen LogP contribution in [0, 0.1) is 11.3 Å². The maximum Gasteiger partial charge on any atom is 0.255 e. The number of hydrogen-bond acceptors (Lipinski definition) is 3. The van der Waals surface area contributed by atoms with Crippen LogP contribution < -0.4 is 5.32 Å². The van der Waals surface area contributed by atoms with E-state index in [0.717, 1.165) is 11.0 Å². The molecule has 5 heteroatoms. The van der Waals surface area contributed by atoms with Gasteiger partial charge in [0.2, 0.25) is 0 Å². The van der Waals surface area contributed by atoms with E-state index in [2.05, 4.69) is 34.8 Å². The van der Waals surface area contributed by atoms with E-state index in [-0.39, 0.29) is 5.91 Å². The minimum Gasteiger partial charge on any atom is -0.328 e. The fourth-order valence-corrected chi connectivity index (χ4v) is 2.47. The molecule has 0 aliphatic rings. The molecule has 0 atom stereocenters. The Morgan fingerprint density at radius 1 is 1.26 bits per heavy atom. The van der Waals surface area contributed by atoms with Crippen molar-refractivity contribution >= 4 is 22.6 Å². The maximum atomic E-state index is 12.4. The summed E-state index contributed by atoms with van der Waals surface area (Å²) in [6.45, 7) is 4.17. The number of anilines is 1. The van der Waals surface area contributed by atoms with E-state index in [1.54, 1.807) is 42.7 Å². The molecule has 0 bridgehead atoms. The van der Waals surface area contributed by atoms with Crippen LogP contribution in [0.5, 0.6) is 0 Å². The van der Waals surface area contributed by atoms with Gasteiger partial charge >= 0.3 is 0 Å². The number of benzene rings is 2. The molecule has 1 amide bonds. The summed E-state index contributed by atoms with van der Waals surface area (Å²) in [4.78, 5) is 16.8. The number of imidazole rings is 1. The summed E-state index contributed by atoms with van der Waals surface area (Å²) in [5.74, 6) is -0.256. The van der Waals surface area contributed by atoms with Gasteiger partial charge in [-0.05, 0) is 44.2 Å². The third-order valence-electron chi connectivity index (χ3n) is 3.69. The van der Waals surface area contributed by atoms with E-state index in [0.29, 0.717) is 22.9 Å². The zero-order valence-electron chi connectivity index (χ0n) is 12.9. The highest BCUT2D eigenvalue weighted by molar-refractivity contribution is 6.06. The van der Waals surface area contributed by atoms with Crippen LogP contribution in [0.15, 0.2) is 48.8 Å². The highest BCUT2D eigenvalue weighted by Crippen LogP contribution is 2.20.